The number of nitrogens with zero attached hydrogens (tertiary/aromatic N) is 3. The standard InChI is InChI=1S/C17H14F2N6O3/c1-8-10(7-20-25(8)15-3-4-16(27)24-23-15)17(28)22-14-6-13(21-9(2)26)11(18)5-12(14)19/h3-7H,1-2H3,(H,21,26)(H,22,28)(H,24,27). The van der Waals surface area contributed by atoms with Crippen LogP contribution >= 0.6 is 0 Å². The van der Waals surface area contributed by atoms with Gasteiger partial charge in [-0.1, -0.05) is 0 Å². The molecule has 0 saturated heterocycles. The molecular weight excluding hydrogens is 374 g/mol. The van der Waals surface area contributed by atoms with Crippen molar-refractivity contribution in [2.45, 2.75) is 13.8 Å². The molecule has 0 aliphatic carbocycles. The van der Waals surface area contributed by atoms with E-state index < -0.39 is 29.0 Å². The van der Waals surface area contributed by atoms with Crippen LogP contribution in [0.3, 0.4) is 0 Å². The molecule has 0 radical (unpaired) electrons. The minimum atomic E-state index is -1.01. The number of hydrogen-bond donors (Lipinski definition) is 3. The van der Waals surface area contributed by atoms with Crippen LogP contribution < -0.4 is 16.2 Å². The van der Waals surface area contributed by atoms with Crippen LogP contribution in [0.2, 0.25) is 0 Å². The topological polar surface area (TPSA) is 122 Å². The zero-order chi connectivity index (χ0) is 20.4. The van der Waals surface area contributed by atoms with Gasteiger partial charge in [-0.05, 0) is 19.1 Å². The van der Waals surface area contributed by atoms with E-state index >= 15 is 0 Å². The summed E-state index contributed by atoms with van der Waals surface area (Å²) >= 11 is 0. The molecule has 0 spiro atoms. The van der Waals surface area contributed by atoms with Gasteiger partial charge in [0, 0.05) is 19.1 Å². The largest absolute Gasteiger partial charge is 0.324 e. The molecular formula is C17H14F2N6O3. The summed E-state index contributed by atoms with van der Waals surface area (Å²) in [7, 11) is 0. The fourth-order valence-corrected chi connectivity index (χ4v) is 2.44. The first-order valence-electron chi connectivity index (χ1n) is 7.95. The van der Waals surface area contributed by atoms with Crippen LogP contribution in [0.5, 0.6) is 0 Å². The Morgan fingerprint density at radius 3 is 2.39 bits per heavy atom. The number of benzene rings is 1. The first-order valence-corrected chi connectivity index (χ1v) is 7.95. The van der Waals surface area contributed by atoms with Crippen LogP contribution in [0.1, 0.15) is 23.0 Å². The van der Waals surface area contributed by atoms with Crippen molar-refractivity contribution in [3.63, 3.8) is 0 Å². The molecule has 3 N–H and O–H groups in total. The Hall–Kier alpha value is -3.89. The van der Waals surface area contributed by atoms with Gasteiger partial charge in [0.15, 0.2) is 5.82 Å². The lowest BCUT2D eigenvalue weighted by atomic mass is 10.2. The first-order chi connectivity index (χ1) is 13.3. The second-order valence-electron chi connectivity index (χ2n) is 5.78. The third-order valence-electron chi connectivity index (χ3n) is 3.75. The van der Waals surface area contributed by atoms with E-state index in [-0.39, 0.29) is 22.8 Å². The molecule has 11 heteroatoms. The zero-order valence-corrected chi connectivity index (χ0v) is 14.7. The Bertz CT molecular complexity index is 1120. The van der Waals surface area contributed by atoms with Crippen LogP contribution in [-0.2, 0) is 4.79 Å². The normalized spacial score (nSPS) is 10.6. The second-order valence-corrected chi connectivity index (χ2v) is 5.78. The van der Waals surface area contributed by atoms with E-state index in [1.54, 1.807) is 6.92 Å². The van der Waals surface area contributed by atoms with Crippen LogP contribution in [-0.4, -0.2) is 31.8 Å². The van der Waals surface area contributed by atoms with Crippen LogP contribution in [0.15, 0.2) is 35.3 Å². The summed E-state index contributed by atoms with van der Waals surface area (Å²) in [4.78, 5) is 34.7. The summed E-state index contributed by atoms with van der Waals surface area (Å²) in [6.07, 6.45) is 1.24. The van der Waals surface area contributed by atoms with Crippen molar-refractivity contribution < 1.29 is 18.4 Å². The number of H-pyrrole nitrogens is 1. The van der Waals surface area contributed by atoms with E-state index in [1.807, 2.05) is 0 Å². The van der Waals surface area contributed by atoms with Crippen molar-refractivity contribution in [1.82, 2.24) is 20.0 Å². The van der Waals surface area contributed by atoms with Gasteiger partial charge in [0.1, 0.15) is 11.6 Å². The summed E-state index contributed by atoms with van der Waals surface area (Å²) < 4.78 is 29.1. The minimum absolute atomic E-state index is 0.109. The molecule has 2 amide bonds. The number of rotatable bonds is 4. The van der Waals surface area contributed by atoms with E-state index in [0.29, 0.717) is 11.8 Å². The number of amides is 2. The van der Waals surface area contributed by atoms with Crippen molar-refractivity contribution in [2.75, 3.05) is 10.6 Å². The number of nitrogens with one attached hydrogen (secondary N) is 3. The van der Waals surface area contributed by atoms with Crippen LogP contribution in [0, 0.1) is 18.6 Å². The van der Waals surface area contributed by atoms with Gasteiger partial charge in [0.05, 0.1) is 28.8 Å². The summed E-state index contributed by atoms with van der Waals surface area (Å²) in [6.45, 7) is 2.75. The van der Waals surface area contributed by atoms with Crippen molar-refractivity contribution >= 4 is 23.2 Å². The van der Waals surface area contributed by atoms with E-state index in [1.165, 1.54) is 29.9 Å². The number of aromatic amines is 1. The summed E-state index contributed by atoms with van der Waals surface area (Å²) in [6, 6.07) is 4.20. The lowest BCUT2D eigenvalue weighted by Crippen LogP contribution is -2.16. The van der Waals surface area contributed by atoms with E-state index in [4.69, 9.17) is 0 Å². The summed E-state index contributed by atoms with van der Waals surface area (Å²) in [5.74, 6) is -2.95. The number of hydrogen-bond acceptors (Lipinski definition) is 5. The van der Waals surface area contributed by atoms with Crippen molar-refractivity contribution in [3.8, 4) is 5.82 Å². The van der Waals surface area contributed by atoms with Gasteiger partial charge >= 0.3 is 0 Å². The highest BCUT2D eigenvalue weighted by Gasteiger charge is 2.19. The monoisotopic (exact) mass is 388 g/mol. The van der Waals surface area contributed by atoms with E-state index in [0.717, 1.165) is 6.07 Å². The first kappa shape index (κ1) is 18.9. The Morgan fingerprint density at radius 1 is 1.11 bits per heavy atom. The van der Waals surface area contributed by atoms with Crippen molar-refractivity contribution in [3.05, 3.63) is 63.7 Å². The van der Waals surface area contributed by atoms with E-state index in [2.05, 4.69) is 25.9 Å². The molecule has 144 valence electrons. The van der Waals surface area contributed by atoms with Gasteiger partial charge in [-0.2, -0.15) is 10.2 Å². The van der Waals surface area contributed by atoms with Crippen molar-refractivity contribution in [1.29, 1.82) is 0 Å². The van der Waals surface area contributed by atoms with Gasteiger partial charge < -0.3 is 10.6 Å². The molecule has 2 heterocycles. The highest BCUT2D eigenvalue weighted by Crippen LogP contribution is 2.24. The molecule has 0 saturated carbocycles. The summed E-state index contributed by atoms with van der Waals surface area (Å²) in [5, 5.41) is 14.6. The number of anilines is 2. The molecule has 3 rings (SSSR count). The fraction of sp³-hybridized carbons (Fsp3) is 0.118. The zero-order valence-electron chi connectivity index (χ0n) is 14.7. The molecule has 0 atom stereocenters. The molecule has 0 unspecified atom stereocenters. The lowest BCUT2D eigenvalue weighted by Gasteiger charge is -2.10. The number of carbonyl (C=O) groups is 2. The Balaban J connectivity index is 1.89. The Labute approximate surface area is 156 Å². The average Bonchev–Trinajstić information content (AvgIpc) is 3.01. The van der Waals surface area contributed by atoms with Gasteiger partial charge in [-0.15, -0.1) is 0 Å². The highest BCUT2D eigenvalue weighted by atomic mass is 19.1. The summed E-state index contributed by atoms with van der Waals surface area (Å²) in [5.41, 5.74) is -0.494. The predicted molar refractivity (Wildman–Crippen MR) is 95.3 cm³/mol. The Kier molecular flexibility index (Phi) is 4.98. The van der Waals surface area contributed by atoms with Crippen LogP contribution in [0.25, 0.3) is 5.82 Å². The van der Waals surface area contributed by atoms with Crippen LogP contribution in [0.4, 0.5) is 20.2 Å². The lowest BCUT2D eigenvalue weighted by molar-refractivity contribution is -0.114. The fourth-order valence-electron chi connectivity index (χ4n) is 2.44. The van der Waals surface area contributed by atoms with Gasteiger partial charge in [0.25, 0.3) is 11.5 Å². The number of halogens is 2. The van der Waals surface area contributed by atoms with Gasteiger partial charge in [0.2, 0.25) is 5.91 Å². The highest BCUT2D eigenvalue weighted by molar-refractivity contribution is 6.05. The maximum absolute atomic E-state index is 14.0. The molecule has 0 fully saturated rings. The average molecular weight is 388 g/mol. The van der Waals surface area contributed by atoms with E-state index in [9.17, 15) is 23.2 Å². The SMILES string of the molecule is CC(=O)Nc1cc(NC(=O)c2cnn(-c3ccc(=O)[nH]n3)c2C)c(F)cc1F. The van der Waals surface area contributed by atoms with Gasteiger partial charge in [-0.3, -0.25) is 14.4 Å². The van der Waals surface area contributed by atoms with Crippen molar-refractivity contribution in [2.24, 2.45) is 0 Å². The third kappa shape index (κ3) is 3.77. The molecule has 3 aromatic rings. The quantitative estimate of drug-likeness (QED) is 0.629. The predicted octanol–water partition coefficient (Wildman–Crippen LogP) is 1.75. The maximum Gasteiger partial charge on any atom is 0.264 e. The van der Waals surface area contributed by atoms with Gasteiger partial charge in [-0.25, -0.2) is 18.6 Å². The number of aromatic nitrogens is 4. The minimum Gasteiger partial charge on any atom is -0.324 e. The molecule has 28 heavy (non-hydrogen) atoms. The second kappa shape index (κ2) is 7.39. The molecule has 0 aliphatic heterocycles. The third-order valence-corrected chi connectivity index (χ3v) is 3.75. The molecule has 1 aromatic carbocycles. The molecule has 0 bridgehead atoms. The smallest absolute Gasteiger partial charge is 0.264 e. The Morgan fingerprint density at radius 2 is 1.79 bits per heavy atom. The maximum atomic E-state index is 14.0. The molecule has 2 aromatic heterocycles. The molecule has 9 nitrogen and oxygen atoms in total. The number of carbonyl (C=O) groups excluding carboxylic acids is 2. The molecule has 0 aliphatic rings.